The van der Waals surface area contributed by atoms with Crippen molar-refractivity contribution in [1.82, 2.24) is 0 Å². The van der Waals surface area contributed by atoms with Crippen molar-refractivity contribution in [3.05, 3.63) is 23.8 Å². The van der Waals surface area contributed by atoms with Crippen molar-refractivity contribution in [3.8, 4) is 0 Å². The fourth-order valence-electron chi connectivity index (χ4n) is 0.833. The van der Waals surface area contributed by atoms with E-state index in [0.29, 0.717) is 6.42 Å². The summed E-state index contributed by atoms with van der Waals surface area (Å²) in [6.07, 6.45) is 5.97. The number of allylic oxidation sites excluding steroid dienone is 3. The van der Waals surface area contributed by atoms with Crippen molar-refractivity contribution in [2.75, 3.05) is 5.75 Å². The quantitative estimate of drug-likeness (QED) is 0.607. The summed E-state index contributed by atoms with van der Waals surface area (Å²) in [5.41, 5.74) is 0.738. The normalized spacial score (nSPS) is 17.5. The molecule has 0 bridgehead atoms. The minimum atomic E-state index is -3.82. The van der Waals surface area contributed by atoms with Crippen molar-refractivity contribution in [3.63, 3.8) is 0 Å². The highest BCUT2D eigenvalue weighted by atomic mass is 32.2. The molecule has 0 radical (unpaired) electrons. The van der Waals surface area contributed by atoms with Crippen LogP contribution < -0.4 is 0 Å². The lowest BCUT2D eigenvalue weighted by atomic mass is 10.3. The van der Waals surface area contributed by atoms with Crippen molar-refractivity contribution in [2.24, 2.45) is 0 Å². The zero-order valence-electron chi connectivity index (χ0n) is 5.32. The Bertz CT molecular complexity index is 271. The zero-order valence-corrected chi connectivity index (χ0v) is 6.13. The van der Waals surface area contributed by atoms with Gasteiger partial charge >= 0.3 is 0 Å². The molecule has 0 aromatic rings. The van der Waals surface area contributed by atoms with Gasteiger partial charge in [-0.1, -0.05) is 18.2 Å². The van der Waals surface area contributed by atoms with E-state index in [2.05, 4.69) is 0 Å². The van der Waals surface area contributed by atoms with Gasteiger partial charge in [0.15, 0.2) is 0 Å². The van der Waals surface area contributed by atoms with Crippen molar-refractivity contribution in [2.45, 2.75) is 6.42 Å². The highest BCUT2D eigenvalue weighted by molar-refractivity contribution is 7.85. The van der Waals surface area contributed by atoms with Gasteiger partial charge < -0.3 is 0 Å². The fourth-order valence-corrected chi connectivity index (χ4v) is 1.52. The van der Waals surface area contributed by atoms with Gasteiger partial charge in [0.25, 0.3) is 10.1 Å². The van der Waals surface area contributed by atoms with Crippen molar-refractivity contribution >= 4 is 10.1 Å². The Balaban J connectivity index is 2.57. The molecule has 3 nitrogen and oxygen atoms in total. The number of hydrogen-bond donors (Lipinski definition) is 1. The average molecular weight is 160 g/mol. The second kappa shape index (κ2) is 2.56. The first-order valence-electron chi connectivity index (χ1n) is 2.88. The van der Waals surface area contributed by atoms with E-state index in [0.717, 1.165) is 5.57 Å². The lowest BCUT2D eigenvalue weighted by Crippen LogP contribution is -2.05. The van der Waals surface area contributed by atoms with Gasteiger partial charge in [0.2, 0.25) is 0 Å². The predicted octanol–water partition coefficient (Wildman–Crippen LogP) is 0.761. The maximum atomic E-state index is 10.3. The molecule has 0 atom stereocenters. The van der Waals surface area contributed by atoms with E-state index in [1.165, 1.54) is 0 Å². The Morgan fingerprint density at radius 2 is 2.30 bits per heavy atom. The highest BCUT2D eigenvalue weighted by Gasteiger charge is 2.08. The van der Waals surface area contributed by atoms with E-state index in [4.69, 9.17) is 4.55 Å². The smallest absolute Gasteiger partial charge is 0.268 e. The summed E-state index contributed by atoms with van der Waals surface area (Å²) in [5, 5.41) is 0. The Hall–Kier alpha value is -0.610. The summed E-state index contributed by atoms with van der Waals surface area (Å²) in [5.74, 6) is -0.236. The summed E-state index contributed by atoms with van der Waals surface area (Å²) in [6, 6.07) is 0. The maximum Gasteiger partial charge on any atom is 0.268 e. The molecule has 0 saturated heterocycles. The van der Waals surface area contributed by atoms with Crippen LogP contribution in [-0.2, 0) is 10.1 Å². The molecule has 4 heteroatoms. The molecule has 0 fully saturated rings. The summed E-state index contributed by atoms with van der Waals surface area (Å²) in [7, 11) is -3.82. The standard InChI is InChI=1S/C6H8O3S/c7-10(8,9)5-6-3-1-2-4-6/h1-3H,4-5H2,(H,7,8,9). The monoisotopic (exact) mass is 160 g/mol. The second-order valence-corrected chi connectivity index (χ2v) is 3.64. The maximum absolute atomic E-state index is 10.3. The molecule has 0 spiro atoms. The first-order chi connectivity index (χ1) is 4.58. The first-order valence-corrected chi connectivity index (χ1v) is 4.48. The molecule has 0 heterocycles. The van der Waals surface area contributed by atoms with Crippen LogP contribution in [0, 0.1) is 0 Å². The van der Waals surface area contributed by atoms with Crippen LogP contribution in [0.2, 0.25) is 0 Å². The van der Waals surface area contributed by atoms with E-state index in [1.807, 2.05) is 6.08 Å². The largest absolute Gasteiger partial charge is 0.285 e. The molecular formula is C6H8O3S. The molecule has 1 rings (SSSR count). The van der Waals surface area contributed by atoms with E-state index in [1.54, 1.807) is 12.2 Å². The van der Waals surface area contributed by atoms with Crippen LogP contribution in [0.1, 0.15) is 6.42 Å². The molecule has 0 amide bonds. The van der Waals surface area contributed by atoms with Gasteiger partial charge in [0.1, 0.15) is 0 Å². The molecule has 1 aliphatic rings. The summed E-state index contributed by atoms with van der Waals surface area (Å²) >= 11 is 0. The Labute approximate surface area is 59.8 Å². The summed E-state index contributed by atoms with van der Waals surface area (Å²) < 4.78 is 28.9. The SMILES string of the molecule is O=S(=O)(O)CC1=CC=CC1. The molecule has 0 unspecified atom stereocenters. The molecular weight excluding hydrogens is 152 g/mol. The van der Waals surface area contributed by atoms with Gasteiger partial charge in [-0.15, -0.1) is 0 Å². The number of rotatable bonds is 2. The minimum absolute atomic E-state index is 0.236. The molecule has 0 saturated carbocycles. The molecule has 10 heavy (non-hydrogen) atoms. The van der Waals surface area contributed by atoms with Crippen LogP contribution in [0.5, 0.6) is 0 Å². The van der Waals surface area contributed by atoms with E-state index < -0.39 is 10.1 Å². The molecule has 56 valence electrons. The molecule has 0 aromatic heterocycles. The van der Waals surface area contributed by atoms with Crippen LogP contribution in [0.3, 0.4) is 0 Å². The third-order valence-electron chi connectivity index (χ3n) is 1.22. The van der Waals surface area contributed by atoms with Crippen LogP contribution >= 0.6 is 0 Å². The minimum Gasteiger partial charge on any atom is -0.285 e. The predicted molar refractivity (Wildman–Crippen MR) is 38.3 cm³/mol. The highest BCUT2D eigenvalue weighted by Crippen LogP contribution is 2.11. The van der Waals surface area contributed by atoms with Gasteiger partial charge in [-0.05, 0) is 12.0 Å². The third kappa shape index (κ3) is 2.33. The first kappa shape index (κ1) is 7.50. The molecule has 0 aliphatic heterocycles. The summed E-state index contributed by atoms with van der Waals surface area (Å²) in [4.78, 5) is 0. The van der Waals surface area contributed by atoms with E-state index >= 15 is 0 Å². The second-order valence-electron chi connectivity index (χ2n) is 2.18. The lowest BCUT2D eigenvalue weighted by Gasteiger charge is -1.95. The average Bonchev–Trinajstić information content (AvgIpc) is 2.12. The Morgan fingerprint density at radius 3 is 2.70 bits per heavy atom. The lowest BCUT2D eigenvalue weighted by molar-refractivity contribution is 0.485. The zero-order chi connectivity index (χ0) is 7.61. The van der Waals surface area contributed by atoms with Crippen LogP contribution in [0.4, 0.5) is 0 Å². The Kier molecular flexibility index (Phi) is 1.92. The fraction of sp³-hybridized carbons (Fsp3) is 0.333. The topological polar surface area (TPSA) is 54.4 Å². The summed E-state index contributed by atoms with van der Waals surface area (Å²) in [6.45, 7) is 0. The van der Waals surface area contributed by atoms with Gasteiger partial charge in [-0.25, -0.2) is 0 Å². The third-order valence-corrected chi connectivity index (χ3v) is 1.95. The van der Waals surface area contributed by atoms with Gasteiger partial charge in [-0.3, -0.25) is 4.55 Å². The van der Waals surface area contributed by atoms with Gasteiger partial charge in [0.05, 0.1) is 5.75 Å². The Morgan fingerprint density at radius 1 is 1.60 bits per heavy atom. The molecule has 0 aromatic carbocycles. The van der Waals surface area contributed by atoms with E-state index in [9.17, 15) is 8.42 Å². The van der Waals surface area contributed by atoms with Crippen LogP contribution in [-0.4, -0.2) is 18.7 Å². The number of hydrogen-bond acceptors (Lipinski definition) is 2. The van der Waals surface area contributed by atoms with Gasteiger partial charge in [-0.2, -0.15) is 8.42 Å². The van der Waals surface area contributed by atoms with Crippen molar-refractivity contribution in [1.29, 1.82) is 0 Å². The molecule has 1 aliphatic carbocycles. The van der Waals surface area contributed by atoms with Crippen LogP contribution in [0.25, 0.3) is 0 Å². The molecule has 1 N–H and O–H groups in total. The van der Waals surface area contributed by atoms with Crippen molar-refractivity contribution < 1.29 is 13.0 Å². The van der Waals surface area contributed by atoms with E-state index in [-0.39, 0.29) is 5.75 Å². The van der Waals surface area contributed by atoms with Gasteiger partial charge in [0, 0.05) is 0 Å². The van der Waals surface area contributed by atoms with Crippen LogP contribution in [0.15, 0.2) is 23.8 Å².